The lowest BCUT2D eigenvalue weighted by Gasteiger charge is -2.21. The van der Waals surface area contributed by atoms with Crippen molar-refractivity contribution < 1.29 is 26.7 Å². The van der Waals surface area contributed by atoms with Crippen LogP contribution in [0, 0.1) is 0 Å². The molecule has 1 N–H and O–H groups in total. The third-order valence-corrected chi connectivity index (χ3v) is 3.45. The summed E-state index contributed by atoms with van der Waals surface area (Å²) in [5, 5.41) is 9.48. The van der Waals surface area contributed by atoms with Gasteiger partial charge in [-0.1, -0.05) is 36.0 Å². The molecule has 22 heavy (non-hydrogen) atoms. The molecule has 10 heteroatoms. The highest BCUT2D eigenvalue weighted by atomic mass is 32.2. The number of amidine groups is 1. The molecule has 2 rings (SSSR count). The quantitative estimate of drug-likeness (QED) is 0.524. The molecular formula is C12H8F5N3OS. The van der Waals surface area contributed by atoms with Crippen LogP contribution in [0.1, 0.15) is 11.1 Å². The van der Waals surface area contributed by atoms with Crippen molar-refractivity contribution in [1.82, 2.24) is 5.32 Å². The number of carbonyl (C=O) groups excluding carboxylic acids is 1. The highest BCUT2D eigenvalue weighted by Crippen LogP contribution is 2.44. The lowest BCUT2D eigenvalue weighted by molar-refractivity contribution is -0.289. The lowest BCUT2D eigenvalue weighted by Crippen LogP contribution is -2.34. The number of hydrogen-bond acceptors (Lipinski definition) is 4. The first-order valence-electron chi connectivity index (χ1n) is 5.79. The normalized spacial score (nSPS) is 18.2. The van der Waals surface area contributed by atoms with E-state index in [1.807, 2.05) is 0 Å². The van der Waals surface area contributed by atoms with Gasteiger partial charge in [-0.2, -0.15) is 27.1 Å². The topological polar surface area (TPSA) is 53.8 Å². The zero-order valence-electron chi connectivity index (χ0n) is 10.7. The maximum absolute atomic E-state index is 13.4. The number of nitrogens with zero attached hydrogens (tertiary/aromatic N) is 2. The van der Waals surface area contributed by atoms with Crippen molar-refractivity contribution in [2.24, 2.45) is 10.2 Å². The average Bonchev–Trinajstić information content (AvgIpc) is 2.83. The first-order valence-corrected chi connectivity index (χ1v) is 6.78. The zero-order chi connectivity index (χ0) is 16.4. The van der Waals surface area contributed by atoms with Gasteiger partial charge < -0.3 is 5.32 Å². The van der Waals surface area contributed by atoms with Gasteiger partial charge in [0.1, 0.15) is 0 Å². The van der Waals surface area contributed by atoms with Gasteiger partial charge in [0, 0.05) is 11.1 Å². The average molecular weight is 337 g/mol. The van der Waals surface area contributed by atoms with Crippen LogP contribution in [0.3, 0.4) is 0 Å². The Morgan fingerprint density at radius 3 is 2.45 bits per heavy atom. The molecule has 0 saturated carbocycles. The van der Waals surface area contributed by atoms with Crippen molar-refractivity contribution in [3.63, 3.8) is 0 Å². The summed E-state index contributed by atoms with van der Waals surface area (Å²) < 4.78 is 64.1. The summed E-state index contributed by atoms with van der Waals surface area (Å²) in [5.74, 6) is -5.14. The largest absolute Gasteiger partial charge is 0.458 e. The van der Waals surface area contributed by atoms with Crippen molar-refractivity contribution in [2.75, 3.05) is 5.75 Å². The van der Waals surface area contributed by atoms with Crippen molar-refractivity contribution in [2.45, 2.75) is 12.1 Å². The molecule has 1 saturated heterocycles. The van der Waals surface area contributed by atoms with Gasteiger partial charge in [-0.05, 0) is 0 Å². The van der Waals surface area contributed by atoms with Gasteiger partial charge in [-0.3, -0.25) is 4.79 Å². The van der Waals surface area contributed by atoms with E-state index in [0.717, 1.165) is 30.1 Å². The van der Waals surface area contributed by atoms with E-state index in [0.29, 0.717) is 6.07 Å². The number of benzene rings is 1. The van der Waals surface area contributed by atoms with Crippen LogP contribution in [0.4, 0.5) is 22.0 Å². The van der Waals surface area contributed by atoms with Crippen molar-refractivity contribution in [3.05, 3.63) is 35.4 Å². The molecule has 1 aromatic rings. The fourth-order valence-corrected chi connectivity index (χ4v) is 2.20. The number of thioether (sulfide) groups is 1. The minimum absolute atomic E-state index is 0.150. The van der Waals surface area contributed by atoms with Crippen LogP contribution in [-0.4, -0.2) is 29.2 Å². The summed E-state index contributed by atoms with van der Waals surface area (Å²) >= 11 is 1.05. The number of hydrogen-bond donors (Lipinski definition) is 1. The van der Waals surface area contributed by atoms with E-state index in [4.69, 9.17) is 0 Å². The fraction of sp³-hybridized carbons (Fsp3) is 0.250. The smallest absolute Gasteiger partial charge is 0.303 e. The summed E-state index contributed by atoms with van der Waals surface area (Å²) in [6.07, 6.45) is -4.93. The summed E-state index contributed by atoms with van der Waals surface area (Å²) in [6.45, 7) is 0. The fourth-order valence-electron chi connectivity index (χ4n) is 1.57. The molecular weight excluding hydrogens is 329 g/mol. The molecule has 0 aliphatic carbocycles. The minimum Gasteiger partial charge on any atom is -0.303 e. The van der Waals surface area contributed by atoms with Crippen molar-refractivity contribution in [3.8, 4) is 0 Å². The van der Waals surface area contributed by atoms with Crippen LogP contribution in [0.15, 0.2) is 34.5 Å². The van der Waals surface area contributed by atoms with Crippen molar-refractivity contribution >= 4 is 29.1 Å². The number of rotatable bonds is 3. The number of nitrogens with one attached hydrogen (secondary N) is 1. The predicted molar refractivity (Wildman–Crippen MR) is 72.0 cm³/mol. The Morgan fingerprint density at radius 1 is 1.18 bits per heavy atom. The molecule has 1 fully saturated rings. The molecule has 1 aliphatic rings. The van der Waals surface area contributed by atoms with Crippen LogP contribution in [0.2, 0.25) is 0 Å². The molecule has 0 atom stereocenters. The van der Waals surface area contributed by atoms with Gasteiger partial charge in [-0.15, -0.1) is 5.10 Å². The Kier molecular flexibility index (Phi) is 4.50. The molecule has 0 radical (unpaired) electrons. The summed E-state index contributed by atoms with van der Waals surface area (Å²) in [6, 6.07) is 4.12. The van der Waals surface area contributed by atoms with E-state index >= 15 is 0 Å². The Balaban J connectivity index is 2.28. The van der Waals surface area contributed by atoms with Gasteiger partial charge in [0.15, 0.2) is 5.17 Å². The first-order chi connectivity index (χ1) is 10.2. The Labute approximate surface area is 125 Å². The SMILES string of the molecule is O=C1CSC(=NN=Cc2ccccc2C(F)(F)C(F)(F)F)N1. The Morgan fingerprint density at radius 2 is 1.86 bits per heavy atom. The highest BCUT2D eigenvalue weighted by Gasteiger charge is 2.59. The van der Waals surface area contributed by atoms with Crippen LogP contribution in [-0.2, 0) is 10.7 Å². The third-order valence-electron chi connectivity index (χ3n) is 2.59. The molecule has 1 heterocycles. The first kappa shape index (κ1) is 16.4. The third kappa shape index (κ3) is 3.43. The summed E-state index contributed by atoms with van der Waals surface area (Å²) in [5.41, 5.74) is -1.63. The highest BCUT2D eigenvalue weighted by molar-refractivity contribution is 8.15. The molecule has 1 aliphatic heterocycles. The van der Waals surface area contributed by atoms with Crippen molar-refractivity contribution in [1.29, 1.82) is 0 Å². The van der Waals surface area contributed by atoms with Gasteiger partial charge in [0.05, 0.1) is 12.0 Å². The number of carbonyl (C=O) groups is 1. The Hall–Kier alpha value is -1.97. The van der Waals surface area contributed by atoms with E-state index in [1.165, 1.54) is 6.07 Å². The van der Waals surface area contributed by atoms with Crippen LogP contribution >= 0.6 is 11.8 Å². The predicted octanol–water partition coefficient (Wildman–Crippen LogP) is 2.89. The molecule has 0 unspecified atom stereocenters. The monoisotopic (exact) mass is 337 g/mol. The van der Waals surface area contributed by atoms with E-state index < -0.39 is 23.2 Å². The molecule has 0 bridgehead atoms. The van der Waals surface area contributed by atoms with Gasteiger partial charge in [-0.25, -0.2) is 0 Å². The molecule has 4 nitrogen and oxygen atoms in total. The standard InChI is InChI=1S/C12H8F5N3OS/c13-11(14,12(15,16)17)8-4-2-1-3-7(8)5-18-20-10-19-9(21)6-22-10/h1-5H,6H2,(H,19,20,21). The maximum atomic E-state index is 13.4. The molecule has 118 valence electrons. The number of alkyl halides is 5. The van der Waals surface area contributed by atoms with Gasteiger partial charge in [0.25, 0.3) is 0 Å². The van der Waals surface area contributed by atoms with Crippen LogP contribution in [0.25, 0.3) is 0 Å². The Bertz CT molecular complexity index is 642. The van der Waals surface area contributed by atoms with Crippen LogP contribution < -0.4 is 5.32 Å². The molecule has 1 aromatic carbocycles. The number of amides is 1. The van der Waals surface area contributed by atoms with Crippen LogP contribution in [0.5, 0.6) is 0 Å². The van der Waals surface area contributed by atoms with Gasteiger partial charge >= 0.3 is 12.1 Å². The second-order valence-corrected chi connectivity index (χ2v) is 5.11. The lowest BCUT2D eigenvalue weighted by atomic mass is 10.0. The second kappa shape index (κ2) is 6.03. The van der Waals surface area contributed by atoms with E-state index in [2.05, 4.69) is 15.5 Å². The zero-order valence-corrected chi connectivity index (χ0v) is 11.5. The van der Waals surface area contributed by atoms with E-state index in [9.17, 15) is 26.7 Å². The molecule has 1 amide bonds. The molecule has 0 spiro atoms. The maximum Gasteiger partial charge on any atom is 0.458 e. The van der Waals surface area contributed by atoms with E-state index in [-0.39, 0.29) is 16.8 Å². The summed E-state index contributed by atoms with van der Waals surface area (Å²) in [7, 11) is 0. The molecule has 0 aromatic heterocycles. The van der Waals surface area contributed by atoms with Gasteiger partial charge in [0.2, 0.25) is 5.91 Å². The van der Waals surface area contributed by atoms with E-state index in [1.54, 1.807) is 0 Å². The second-order valence-electron chi connectivity index (χ2n) is 4.15. The minimum atomic E-state index is -5.71. The number of halogens is 5. The summed E-state index contributed by atoms with van der Waals surface area (Å²) in [4.78, 5) is 10.9.